The zero-order valence-corrected chi connectivity index (χ0v) is 21.2. The Hall–Kier alpha value is -3.35. The second-order valence-electron chi connectivity index (χ2n) is 9.05. The van der Waals surface area contributed by atoms with Crippen LogP contribution in [0.15, 0.2) is 84.9 Å². The highest BCUT2D eigenvalue weighted by Gasteiger charge is 2.23. The standard InChI is InChI=1S/C29H33ClN4O2/c30-26-11-13-27(14-12-26)31-29(36)34(17-15-24-7-3-1-4-8-24)18-16-28(35)33-21-19-32(20-22-33)23-25-9-5-2-6-10-25/h1-14H,15-23H2,(H,31,36). The first kappa shape index (κ1) is 25.7. The Morgan fingerprint density at radius 1 is 0.778 bits per heavy atom. The average Bonchev–Trinajstić information content (AvgIpc) is 2.91. The predicted molar refractivity (Wildman–Crippen MR) is 145 cm³/mol. The number of amides is 3. The summed E-state index contributed by atoms with van der Waals surface area (Å²) in [6.07, 6.45) is 1.03. The molecule has 7 heteroatoms. The molecule has 3 aromatic carbocycles. The Morgan fingerprint density at radius 3 is 2.03 bits per heavy atom. The van der Waals surface area contributed by atoms with Gasteiger partial charge in [-0.1, -0.05) is 72.3 Å². The van der Waals surface area contributed by atoms with Crippen LogP contribution >= 0.6 is 11.6 Å². The van der Waals surface area contributed by atoms with Gasteiger partial charge in [-0.05, 0) is 41.8 Å². The van der Waals surface area contributed by atoms with E-state index in [1.54, 1.807) is 29.2 Å². The molecule has 3 aromatic rings. The van der Waals surface area contributed by atoms with E-state index in [0.29, 0.717) is 43.3 Å². The number of piperazine rings is 1. The third kappa shape index (κ3) is 7.83. The van der Waals surface area contributed by atoms with Crippen LogP contribution in [0.4, 0.5) is 10.5 Å². The van der Waals surface area contributed by atoms with Crippen molar-refractivity contribution in [3.8, 4) is 0 Å². The lowest BCUT2D eigenvalue weighted by molar-refractivity contribution is -0.133. The highest BCUT2D eigenvalue weighted by Crippen LogP contribution is 2.15. The number of nitrogens with one attached hydrogen (secondary N) is 1. The fourth-order valence-electron chi connectivity index (χ4n) is 4.35. The first-order valence-electron chi connectivity index (χ1n) is 12.5. The maximum Gasteiger partial charge on any atom is 0.321 e. The normalized spacial score (nSPS) is 13.9. The minimum atomic E-state index is -0.214. The van der Waals surface area contributed by atoms with E-state index >= 15 is 0 Å². The molecular formula is C29H33ClN4O2. The van der Waals surface area contributed by atoms with Gasteiger partial charge in [0.2, 0.25) is 5.91 Å². The molecular weight excluding hydrogens is 472 g/mol. The Morgan fingerprint density at radius 2 is 1.39 bits per heavy atom. The molecule has 1 N–H and O–H groups in total. The van der Waals surface area contributed by atoms with Crippen LogP contribution in [0.3, 0.4) is 0 Å². The van der Waals surface area contributed by atoms with Gasteiger partial charge in [-0.15, -0.1) is 0 Å². The second-order valence-corrected chi connectivity index (χ2v) is 9.49. The Balaban J connectivity index is 1.29. The number of hydrogen-bond donors (Lipinski definition) is 1. The summed E-state index contributed by atoms with van der Waals surface area (Å²) < 4.78 is 0. The molecule has 36 heavy (non-hydrogen) atoms. The van der Waals surface area contributed by atoms with Crippen molar-refractivity contribution in [3.63, 3.8) is 0 Å². The molecule has 0 aromatic heterocycles. The highest BCUT2D eigenvalue weighted by atomic mass is 35.5. The van der Waals surface area contributed by atoms with Crippen LogP contribution in [0.25, 0.3) is 0 Å². The molecule has 0 atom stereocenters. The lowest BCUT2D eigenvalue weighted by Crippen LogP contribution is -2.49. The summed E-state index contributed by atoms with van der Waals surface area (Å²) in [5.41, 5.74) is 3.12. The van der Waals surface area contributed by atoms with Crippen molar-refractivity contribution < 1.29 is 9.59 Å². The predicted octanol–water partition coefficient (Wildman–Crippen LogP) is 5.15. The lowest BCUT2D eigenvalue weighted by atomic mass is 10.1. The summed E-state index contributed by atoms with van der Waals surface area (Å²) >= 11 is 5.97. The third-order valence-electron chi connectivity index (χ3n) is 6.47. The topological polar surface area (TPSA) is 55.9 Å². The minimum Gasteiger partial charge on any atom is -0.340 e. The molecule has 0 radical (unpaired) electrons. The van der Waals surface area contributed by atoms with Crippen LogP contribution in [0.2, 0.25) is 5.02 Å². The first-order valence-corrected chi connectivity index (χ1v) is 12.8. The van der Waals surface area contributed by atoms with Crippen molar-refractivity contribution in [1.82, 2.24) is 14.7 Å². The van der Waals surface area contributed by atoms with Gasteiger partial charge in [0.1, 0.15) is 0 Å². The molecule has 1 heterocycles. The molecule has 1 aliphatic rings. The molecule has 0 saturated carbocycles. The summed E-state index contributed by atoms with van der Waals surface area (Å²) in [6, 6.07) is 27.3. The third-order valence-corrected chi connectivity index (χ3v) is 6.72. The van der Waals surface area contributed by atoms with Gasteiger partial charge in [0.25, 0.3) is 0 Å². The summed E-state index contributed by atoms with van der Waals surface area (Å²) in [6.45, 7) is 4.95. The maximum absolute atomic E-state index is 13.1. The fraction of sp³-hybridized carbons (Fsp3) is 0.310. The summed E-state index contributed by atoms with van der Waals surface area (Å²) in [4.78, 5) is 32.1. The number of urea groups is 1. The van der Waals surface area contributed by atoms with E-state index in [4.69, 9.17) is 11.6 Å². The Bertz CT molecular complexity index is 1100. The van der Waals surface area contributed by atoms with Gasteiger partial charge in [0.05, 0.1) is 0 Å². The van der Waals surface area contributed by atoms with Crippen LogP contribution in [-0.2, 0) is 17.8 Å². The van der Waals surface area contributed by atoms with Gasteiger partial charge in [0.15, 0.2) is 0 Å². The van der Waals surface area contributed by atoms with Gasteiger partial charge in [-0.3, -0.25) is 9.69 Å². The van der Waals surface area contributed by atoms with Gasteiger partial charge < -0.3 is 15.1 Å². The second kappa shape index (κ2) is 13.1. The van der Waals surface area contributed by atoms with Crippen LogP contribution < -0.4 is 5.32 Å². The van der Waals surface area contributed by atoms with E-state index in [9.17, 15) is 9.59 Å². The number of halogens is 1. The van der Waals surface area contributed by atoms with Crippen LogP contribution in [0, 0.1) is 0 Å². The van der Waals surface area contributed by atoms with E-state index in [2.05, 4.69) is 46.6 Å². The van der Waals surface area contributed by atoms with E-state index in [1.807, 2.05) is 29.2 Å². The Labute approximate surface area is 218 Å². The number of rotatable bonds is 9. The molecule has 3 amide bonds. The molecule has 188 valence electrons. The van der Waals surface area contributed by atoms with Crippen LogP contribution in [0.5, 0.6) is 0 Å². The van der Waals surface area contributed by atoms with E-state index in [0.717, 1.165) is 31.6 Å². The smallest absolute Gasteiger partial charge is 0.321 e. The zero-order valence-electron chi connectivity index (χ0n) is 20.5. The van der Waals surface area contributed by atoms with Crippen molar-refractivity contribution in [3.05, 3.63) is 101 Å². The summed E-state index contributed by atoms with van der Waals surface area (Å²) in [5.74, 6) is 0.0957. The maximum atomic E-state index is 13.1. The quantitative estimate of drug-likeness (QED) is 0.438. The lowest BCUT2D eigenvalue weighted by Gasteiger charge is -2.35. The molecule has 1 saturated heterocycles. The van der Waals surface area contributed by atoms with Crippen LogP contribution in [-0.4, -0.2) is 65.9 Å². The van der Waals surface area contributed by atoms with Crippen molar-refractivity contribution in [2.24, 2.45) is 0 Å². The van der Waals surface area contributed by atoms with Crippen molar-refractivity contribution in [2.45, 2.75) is 19.4 Å². The number of hydrogen-bond acceptors (Lipinski definition) is 3. The van der Waals surface area contributed by atoms with Crippen molar-refractivity contribution in [1.29, 1.82) is 0 Å². The molecule has 1 aliphatic heterocycles. The van der Waals surface area contributed by atoms with Gasteiger partial charge in [-0.2, -0.15) is 0 Å². The van der Waals surface area contributed by atoms with E-state index < -0.39 is 0 Å². The van der Waals surface area contributed by atoms with Gasteiger partial charge >= 0.3 is 6.03 Å². The molecule has 1 fully saturated rings. The number of anilines is 1. The van der Waals surface area contributed by atoms with Crippen LogP contribution in [0.1, 0.15) is 17.5 Å². The molecule has 4 rings (SSSR count). The molecule has 0 spiro atoms. The van der Waals surface area contributed by atoms with Gasteiger partial charge in [0, 0.05) is 62.9 Å². The summed E-state index contributed by atoms with van der Waals surface area (Å²) in [5, 5.41) is 3.55. The Kier molecular flexibility index (Phi) is 9.36. The van der Waals surface area contributed by atoms with E-state index in [1.165, 1.54) is 5.56 Å². The zero-order chi connectivity index (χ0) is 25.2. The molecule has 0 unspecified atom stereocenters. The minimum absolute atomic E-state index is 0.0957. The average molecular weight is 505 g/mol. The van der Waals surface area contributed by atoms with Crippen molar-refractivity contribution >= 4 is 29.2 Å². The number of carbonyl (C=O) groups is 2. The van der Waals surface area contributed by atoms with Crippen molar-refractivity contribution in [2.75, 3.05) is 44.6 Å². The summed E-state index contributed by atoms with van der Waals surface area (Å²) in [7, 11) is 0. The SMILES string of the molecule is O=C(CCN(CCc1ccccc1)C(=O)Nc1ccc(Cl)cc1)N1CCN(Cc2ccccc2)CC1. The molecule has 0 bridgehead atoms. The van der Waals surface area contributed by atoms with E-state index in [-0.39, 0.29) is 11.9 Å². The number of carbonyl (C=O) groups excluding carboxylic acids is 2. The largest absolute Gasteiger partial charge is 0.340 e. The monoisotopic (exact) mass is 504 g/mol. The van der Waals surface area contributed by atoms with Gasteiger partial charge in [-0.25, -0.2) is 4.79 Å². The highest BCUT2D eigenvalue weighted by molar-refractivity contribution is 6.30. The molecule has 0 aliphatic carbocycles. The fourth-order valence-corrected chi connectivity index (χ4v) is 4.47. The first-order chi connectivity index (χ1) is 17.6. The molecule has 6 nitrogen and oxygen atoms in total. The number of benzene rings is 3. The number of nitrogens with zero attached hydrogens (tertiary/aromatic N) is 3.